The number of nitrogens with one attached hydrogen (secondary N) is 3. The molecular formula is C33H53N7O9S2. The number of carboxylic acids is 4. The number of carboxylic acid groups (broad SMARTS) is 4. The molecule has 2 aromatic carbocycles. The zero-order valence-corrected chi connectivity index (χ0v) is 31.5. The molecule has 0 radical (unpaired) electrons. The summed E-state index contributed by atoms with van der Waals surface area (Å²) >= 11 is 6.47. The number of likely N-dealkylation sites (N-methyl/N-ethyl adjacent to an activating group) is 1. The Morgan fingerprint density at radius 3 is 1.45 bits per heavy atom. The summed E-state index contributed by atoms with van der Waals surface area (Å²) in [5.41, 5.74) is 2.79. The third-order valence-electron chi connectivity index (χ3n) is 6.20. The van der Waals surface area contributed by atoms with Gasteiger partial charge in [0.15, 0.2) is 5.11 Å². The first-order valence-electron chi connectivity index (χ1n) is 16.2. The van der Waals surface area contributed by atoms with Gasteiger partial charge in [-0.15, -0.1) is 0 Å². The van der Waals surface area contributed by atoms with Crippen LogP contribution in [0.2, 0.25) is 0 Å². The lowest BCUT2D eigenvalue weighted by atomic mass is 10.2. The van der Waals surface area contributed by atoms with Gasteiger partial charge in [0.1, 0.15) is 0 Å². The first kappa shape index (κ1) is 48.8. The Morgan fingerprint density at radius 2 is 1.06 bits per heavy atom. The van der Waals surface area contributed by atoms with E-state index in [1.807, 2.05) is 76.2 Å². The van der Waals surface area contributed by atoms with E-state index in [-0.39, 0.29) is 32.7 Å². The minimum absolute atomic E-state index is 0.0664. The summed E-state index contributed by atoms with van der Waals surface area (Å²) < 4.78 is 0. The summed E-state index contributed by atoms with van der Waals surface area (Å²) in [5, 5.41) is 50.2. The number of carbonyl (C=O) groups excluding carboxylic acids is 1. The van der Waals surface area contributed by atoms with Gasteiger partial charge in [-0.1, -0.05) is 46.8 Å². The number of nitrogens with zero attached hydrogens (tertiary/aromatic N) is 3. The highest BCUT2D eigenvalue weighted by Gasteiger charge is 2.17. The maximum atomic E-state index is 11.0. The lowest BCUT2D eigenvalue weighted by Gasteiger charge is -2.27. The Bertz CT molecular complexity index is 1290. The number of amides is 1. The van der Waals surface area contributed by atoms with E-state index >= 15 is 0 Å². The maximum absolute atomic E-state index is 11.0. The fourth-order valence-electron chi connectivity index (χ4n) is 3.94. The van der Waals surface area contributed by atoms with E-state index < -0.39 is 37.0 Å². The number of benzene rings is 2. The predicted octanol–water partition coefficient (Wildman–Crippen LogP) is 3.01. The fraction of sp³-hybridized carbons (Fsp3) is 0.455. The van der Waals surface area contributed by atoms with Crippen molar-refractivity contribution in [3.8, 4) is 0 Å². The number of hydrogen-bond donors (Lipinski definition) is 8. The molecule has 0 heterocycles. The second-order valence-electron chi connectivity index (χ2n) is 9.85. The molecule has 0 bridgehead atoms. The highest BCUT2D eigenvalue weighted by Crippen LogP contribution is 2.16. The second-order valence-corrected chi connectivity index (χ2v) is 11.0. The average molecular weight is 756 g/mol. The van der Waals surface area contributed by atoms with Crippen molar-refractivity contribution in [2.24, 2.45) is 5.14 Å². The maximum Gasteiger partial charge on any atom is 0.317 e. The molecular weight excluding hydrogens is 703 g/mol. The van der Waals surface area contributed by atoms with Gasteiger partial charge in [-0.05, 0) is 72.7 Å². The van der Waals surface area contributed by atoms with Gasteiger partial charge >= 0.3 is 23.9 Å². The molecule has 0 saturated heterocycles. The Labute approximate surface area is 309 Å². The van der Waals surface area contributed by atoms with Crippen molar-refractivity contribution < 1.29 is 44.4 Å². The van der Waals surface area contributed by atoms with E-state index in [9.17, 15) is 24.0 Å². The van der Waals surface area contributed by atoms with Crippen LogP contribution in [0.5, 0.6) is 0 Å². The monoisotopic (exact) mass is 755 g/mol. The molecule has 2 aromatic rings. The molecule has 0 atom stereocenters. The molecule has 0 aliphatic rings. The zero-order chi connectivity index (χ0) is 39.2. The third-order valence-corrected chi connectivity index (χ3v) is 6.95. The van der Waals surface area contributed by atoms with Crippen molar-refractivity contribution >= 4 is 70.9 Å². The molecule has 286 valence electrons. The minimum Gasteiger partial charge on any atom is -0.480 e. The van der Waals surface area contributed by atoms with Gasteiger partial charge in [-0.3, -0.25) is 43.8 Å². The highest BCUT2D eigenvalue weighted by molar-refractivity contribution is 7.97. The van der Waals surface area contributed by atoms with Gasteiger partial charge in [0.2, 0.25) is 6.41 Å². The van der Waals surface area contributed by atoms with Crippen LogP contribution in [0.3, 0.4) is 0 Å². The molecule has 0 spiro atoms. The number of carbonyl (C=O) groups is 5. The Hall–Kier alpha value is -4.33. The summed E-state index contributed by atoms with van der Waals surface area (Å²) in [6, 6.07) is 15.3. The topological polar surface area (TPSA) is 238 Å². The van der Waals surface area contributed by atoms with Crippen LogP contribution in [0.25, 0.3) is 0 Å². The lowest BCUT2D eigenvalue weighted by Crippen LogP contribution is -2.44. The second kappa shape index (κ2) is 30.5. The van der Waals surface area contributed by atoms with Gasteiger partial charge in [-0.25, -0.2) is 0 Å². The molecule has 0 aromatic heterocycles. The van der Waals surface area contributed by atoms with E-state index in [0.717, 1.165) is 21.8 Å². The minimum atomic E-state index is -1.18. The van der Waals surface area contributed by atoms with Crippen molar-refractivity contribution in [1.82, 2.24) is 20.0 Å². The number of aliphatic carboxylic acids is 4. The predicted molar refractivity (Wildman–Crippen MR) is 204 cm³/mol. The van der Waals surface area contributed by atoms with Crippen LogP contribution in [0.15, 0.2) is 53.4 Å². The molecule has 16 nitrogen and oxygen atoms in total. The third kappa shape index (κ3) is 26.2. The Balaban J connectivity index is 0. The number of thiocarbonyl (C=S) groups is 1. The van der Waals surface area contributed by atoms with Gasteiger partial charge < -0.3 is 36.4 Å². The van der Waals surface area contributed by atoms with Gasteiger partial charge in [0, 0.05) is 49.0 Å². The lowest BCUT2D eigenvalue weighted by molar-refractivity contribution is -0.143. The summed E-state index contributed by atoms with van der Waals surface area (Å²) in [4.78, 5) is 58.8. The van der Waals surface area contributed by atoms with Crippen LogP contribution in [0.4, 0.5) is 11.4 Å². The van der Waals surface area contributed by atoms with E-state index in [1.165, 1.54) is 21.7 Å². The van der Waals surface area contributed by atoms with Crippen LogP contribution in [0.1, 0.15) is 40.2 Å². The quantitative estimate of drug-likeness (QED) is 0.0519. The van der Waals surface area contributed by atoms with Crippen molar-refractivity contribution in [2.45, 2.75) is 46.1 Å². The number of anilines is 2. The van der Waals surface area contributed by atoms with Crippen molar-refractivity contribution in [2.75, 3.05) is 69.5 Å². The molecule has 51 heavy (non-hydrogen) atoms. The summed E-state index contributed by atoms with van der Waals surface area (Å²) in [5.74, 6) is -4.42. The molecule has 0 aliphatic carbocycles. The average Bonchev–Trinajstić information content (AvgIpc) is 3.10. The first-order chi connectivity index (χ1) is 24.3. The van der Waals surface area contributed by atoms with E-state index in [2.05, 4.69) is 16.0 Å². The smallest absolute Gasteiger partial charge is 0.317 e. The van der Waals surface area contributed by atoms with Crippen molar-refractivity contribution in [3.63, 3.8) is 0 Å². The standard InChI is InChI=1S/C15H16N4OS2.C14H25N3O8.2C2H6/c16-22-14-7-5-13(6-8-14)19-15(21)18-12-3-1-11(2-4-12)9-17-10-20;1-2-15(7-11(18)19)3-4-16(8-12(20)21)5-6-17(9-13(22)23)10-14(24)25;2*1-2/h1-8,10H,9,16H2,(H,17,20)(H2,18,19,21);2-10H2,1H3,(H,18,19)(H,20,21)(H,22,23)(H,24,25);2*1-2H3. The van der Waals surface area contributed by atoms with Crippen molar-refractivity contribution in [1.29, 1.82) is 0 Å². The van der Waals surface area contributed by atoms with Gasteiger partial charge in [0.25, 0.3) is 0 Å². The van der Waals surface area contributed by atoms with Crippen LogP contribution in [-0.4, -0.2) is 129 Å². The van der Waals surface area contributed by atoms with Crippen LogP contribution < -0.4 is 21.1 Å². The number of hydrogen-bond acceptors (Lipinski definition) is 11. The number of nitrogens with two attached hydrogens (primary N) is 1. The largest absolute Gasteiger partial charge is 0.480 e. The highest BCUT2D eigenvalue weighted by atomic mass is 32.2. The summed E-state index contributed by atoms with van der Waals surface area (Å²) in [6.07, 6.45) is 0.680. The SMILES string of the molecule is CC.CC.CCN(CCN(CCN(CC(=O)O)CC(=O)O)CC(=O)O)CC(=O)O.NSc1ccc(NC(=S)Nc2ccc(CNC=O)cc2)cc1. The molecule has 9 N–H and O–H groups in total. The molecule has 0 unspecified atom stereocenters. The Morgan fingerprint density at radius 1 is 0.686 bits per heavy atom. The summed E-state index contributed by atoms with van der Waals surface area (Å²) in [7, 11) is 0. The molecule has 2 rings (SSSR count). The van der Waals surface area contributed by atoms with Crippen LogP contribution in [0, 0.1) is 0 Å². The van der Waals surface area contributed by atoms with Crippen molar-refractivity contribution in [3.05, 3.63) is 54.1 Å². The van der Waals surface area contributed by atoms with Crippen LogP contribution in [-0.2, 0) is 30.5 Å². The van der Waals surface area contributed by atoms with E-state index in [0.29, 0.717) is 31.2 Å². The zero-order valence-electron chi connectivity index (χ0n) is 29.8. The summed E-state index contributed by atoms with van der Waals surface area (Å²) in [6.45, 7) is 10.2. The van der Waals surface area contributed by atoms with Crippen LogP contribution >= 0.6 is 24.2 Å². The Kier molecular flexibility index (Phi) is 29.2. The molecule has 0 saturated carbocycles. The number of rotatable bonds is 21. The molecule has 1 amide bonds. The molecule has 18 heteroatoms. The normalized spacial score (nSPS) is 9.98. The van der Waals surface area contributed by atoms with Gasteiger partial charge in [0.05, 0.1) is 26.2 Å². The van der Waals surface area contributed by atoms with Gasteiger partial charge in [-0.2, -0.15) is 0 Å². The van der Waals surface area contributed by atoms with E-state index in [1.54, 1.807) is 11.8 Å². The molecule has 0 aliphatic heterocycles. The molecule has 0 fully saturated rings. The fourth-order valence-corrected chi connectivity index (χ4v) is 4.47. The van der Waals surface area contributed by atoms with E-state index in [4.69, 9.17) is 37.8 Å². The first-order valence-corrected chi connectivity index (χ1v) is 17.5.